The van der Waals surface area contributed by atoms with Crippen LogP contribution in [0.25, 0.3) is 16.8 Å². The molecular weight excluding hydrogens is 352 g/mol. The highest BCUT2D eigenvalue weighted by Gasteiger charge is 2.41. The van der Waals surface area contributed by atoms with Gasteiger partial charge < -0.3 is 9.84 Å². The summed E-state index contributed by atoms with van der Waals surface area (Å²) in [5.74, 6) is -0.768. The van der Waals surface area contributed by atoms with E-state index in [-0.39, 0.29) is 0 Å². The van der Waals surface area contributed by atoms with Gasteiger partial charge in [0.2, 0.25) is 0 Å². The molecule has 0 unspecified atom stereocenters. The molecule has 1 saturated heterocycles. The van der Waals surface area contributed by atoms with E-state index in [9.17, 15) is 9.90 Å². The first-order valence-electron chi connectivity index (χ1n) is 9.55. The van der Waals surface area contributed by atoms with Gasteiger partial charge in [0.05, 0.1) is 16.8 Å². The first-order chi connectivity index (χ1) is 13.5. The summed E-state index contributed by atoms with van der Waals surface area (Å²) in [5.41, 5.74) is 5.23. The van der Waals surface area contributed by atoms with Gasteiger partial charge in [0, 0.05) is 18.9 Å². The van der Waals surface area contributed by atoms with Crippen LogP contribution in [0.1, 0.15) is 29.8 Å². The Morgan fingerprint density at radius 3 is 2.36 bits per heavy atom. The van der Waals surface area contributed by atoms with Gasteiger partial charge in [0.1, 0.15) is 0 Å². The minimum Gasteiger partial charge on any atom is -0.481 e. The number of aryl methyl sites for hydroxylation is 2. The van der Waals surface area contributed by atoms with Gasteiger partial charge in [-0.05, 0) is 61.6 Å². The van der Waals surface area contributed by atoms with Crippen LogP contribution in [0.3, 0.4) is 0 Å². The van der Waals surface area contributed by atoms with Crippen LogP contribution in [0.5, 0.6) is 0 Å². The monoisotopic (exact) mass is 376 g/mol. The second-order valence-corrected chi connectivity index (χ2v) is 7.47. The summed E-state index contributed by atoms with van der Waals surface area (Å²) in [5, 5.41) is 14.4. The van der Waals surface area contributed by atoms with E-state index in [1.807, 2.05) is 54.9 Å². The number of hydrogen-bond donors (Lipinski definition) is 1. The summed E-state index contributed by atoms with van der Waals surface area (Å²) >= 11 is 0. The number of carbonyl (C=O) groups is 1. The Balaban J connectivity index is 1.67. The third-order valence-electron chi connectivity index (χ3n) is 5.63. The van der Waals surface area contributed by atoms with E-state index in [2.05, 4.69) is 23.3 Å². The molecule has 3 aromatic rings. The lowest BCUT2D eigenvalue weighted by Gasteiger charge is -2.33. The third-order valence-corrected chi connectivity index (χ3v) is 5.63. The van der Waals surface area contributed by atoms with Gasteiger partial charge in [-0.1, -0.05) is 36.4 Å². The fraction of sp³-hybridized carbons (Fsp3) is 0.304. The summed E-state index contributed by atoms with van der Waals surface area (Å²) in [6.45, 7) is 5.00. The predicted molar refractivity (Wildman–Crippen MR) is 108 cm³/mol. The minimum atomic E-state index is -0.845. The lowest BCUT2D eigenvalue weighted by Crippen LogP contribution is -2.41. The van der Waals surface area contributed by atoms with E-state index in [4.69, 9.17) is 4.74 Å². The van der Waals surface area contributed by atoms with Crippen molar-refractivity contribution < 1.29 is 14.6 Å². The molecule has 28 heavy (non-hydrogen) atoms. The highest BCUT2D eigenvalue weighted by Crippen LogP contribution is 2.36. The molecule has 1 N–H and O–H groups in total. The van der Waals surface area contributed by atoms with Gasteiger partial charge in [-0.2, -0.15) is 5.10 Å². The van der Waals surface area contributed by atoms with Crippen molar-refractivity contribution in [2.24, 2.45) is 0 Å². The number of benzene rings is 2. The number of aliphatic carboxylic acids is 1. The molecule has 0 bridgehead atoms. The molecule has 0 amide bonds. The first kappa shape index (κ1) is 18.4. The largest absolute Gasteiger partial charge is 0.481 e. The molecule has 5 nitrogen and oxygen atoms in total. The molecule has 0 radical (unpaired) electrons. The van der Waals surface area contributed by atoms with Gasteiger partial charge in [0.25, 0.3) is 0 Å². The zero-order valence-electron chi connectivity index (χ0n) is 16.2. The molecule has 1 fully saturated rings. The van der Waals surface area contributed by atoms with Crippen molar-refractivity contribution in [2.45, 2.75) is 32.1 Å². The summed E-state index contributed by atoms with van der Waals surface area (Å²) in [6, 6.07) is 18.2. The van der Waals surface area contributed by atoms with Crippen LogP contribution in [0.4, 0.5) is 0 Å². The molecule has 2 heterocycles. The second kappa shape index (κ2) is 7.24. The van der Waals surface area contributed by atoms with Crippen molar-refractivity contribution in [1.82, 2.24) is 9.78 Å². The zero-order chi connectivity index (χ0) is 19.7. The molecule has 2 aromatic carbocycles. The smallest absolute Gasteiger partial charge is 0.314 e. The van der Waals surface area contributed by atoms with Crippen molar-refractivity contribution in [2.75, 3.05) is 13.2 Å². The van der Waals surface area contributed by atoms with E-state index in [1.165, 1.54) is 0 Å². The Labute approximate surface area is 164 Å². The number of ether oxygens (including phenoxy) is 1. The molecule has 0 aliphatic carbocycles. The standard InChI is InChI=1S/C23H24N2O3/c1-16-14-17(2)25(24-16)21-5-3-4-19(15-21)18-6-8-20(9-7-18)23(22(26)27)10-12-28-13-11-23/h3-9,14-15H,10-13H2,1-2H3,(H,26,27). The van der Waals surface area contributed by atoms with Crippen molar-refractivity contribution in [1.29, 1.82) is 0 Å². The Morgan fingerprint density at radius 1 is 1.04 bits per heavy atom. The van der Waals surface area contributed by atoms with Crippen LogP contribution in [0.15, 0.2) is 54.6 Å². The molecule has 0 spiro atoms. The van der Waals surface area contributed by atoms with Crippen LogP contribution in [-0.2, 0) is 14.9 Å². The van der Waals surface area contributed by atoms with Crippen molar-refractivity contribution in [3.63, 3.8) is 0 Å². The average Bonchev–Trinajstić information content (AvgIpc) is 3.06. The zero-order valence-corrected chi connectivity index (χ0v) is 16.2. The highest BCUT2D eigenvalue weighted by atomic mass is 16.5. The van der Waals surface area contributed by atoms with Crippen LogP contribution in [0.2, 0.25) is 0 Å². The first-order valence-corrected chi connectivity index (χ1v) is 9.55. The normalized spacial score (nSPS) is 16.1. The van der Waals surface area contributed by atoms with E-state index in [1.54, 1.807) is 0 Å². The molecule has 1 aliphatic rings. The van der Waals surface area contributed by atoms with Crippen molar-refractivity contribution >= 4 is 5.97 Å². The summed E-state index contributed by atoms with van der Waals surface area (Å²) in [4.78, 5) is 12.0. The Bertz CT molecular complexity index is 999. The number of carboxylic acids is 1. The molecule has 0 saturated carbocycles. The maximum atomic E-state index is 12.0. The van der Waals surface area contributed by atoms with E-state index >= 15 is 0 Å². The minimum absolute atomic E-state index is 0.485. The highest BCUT2D eigenvalue weighted by molar-refractivity contribution is 5.82. The molecule has 1 aliphatic heterocycles. The Morgan fingerprint density at radius 2 is 1.75 bits per heavy atom. The van der Waals surface area contributed by atoms with Gasteiger partial charge in [-0.15, -0.1) is 0 Å². The molecular formula is C23H24N2O3. The fourth-order valence-corrected chi connectivity index (χ4v) is 4.04. The van der Waals surface area contributed by atoms with Crippen molar-refractivity contribution in [3.05, 3.63) is 71.5 Å². The maximum absolute atomic E-state index is 12.0. The number of carboxylic acid groups (broad SMARTS) is 1. The van der Waals surface area contributed by atoms with E-state index in [0.29, 0.717) is 26.1 Å². The van der Waals surface area contributed by atoms with Crippen LogP contribution in [-0.4, -0.2) is 34.1 Å². The quantitative estimate of drug-likeness (QED) is 0.738. The predicted octanol–water partition coefficient (Wildman–Crippen LogP) is 4.29. The Kier molecular flexibility index (Phi) is 4.77. The van der Waals surface area contributed by atoms with Gasteiger partial charge >= 0.3 is 5.97 Å². The number of hydrogen-bond acceptors (Lipinski definition) is 3. The lowest BCUT2D eigenvalue weighted by atomic mass is 9.74. The molecule has 1 aromatic heterocycles. The van der Waals surface area contributed by atoms with Crippen molar-refractivity contribution in [3.8, 4) is 16.8 Å². The molecule has 0 atom stereocenters. The van der Waals surface area contributed by atoms with Crippen LogP contribution >= 0.6 is 0 Å². The molecule has 144 valence electrons. The van der Waals surface area contributed by atoms with Gasteiger partial charge in [-0.25, -0.2) is 4.68 Å². The lowest BCUT2D eigenvalue weighted by molar-refractivity contribution is -0.147. The average molecular weight is 376 g/mol. The number of nitrogens with zero attached hydrogens (tertiary/aromatic N) is 2. The van der Waals surface area contributed by atoms with Gasteiger partial charge in [0.15, 0.2) is 0 Å². The summed E-state index contributed by atoms with van der Waals surface area (Å²) in [6.07, 6.45) is 1.02. The Hall–Kier alpha value is -2.92. The fourth-order valence-electron chi connectivity index (χ4n) is 4.04. The summed E-state index contributed by atoms with van der Waals surface area (Å²) < 4.78 is 7.32. The van der Waals surface area contributed by atoms with Crippen LogP contribution < -0.4 is 0 Å². The van der Waals surface area contributed by atoms with Gasteiger partial charge in [-0.3, -0.25) is 4.79 Å². The van der Waals surface area contributed by atoms with Crippen LogP contribution in [0, 0.1) is 13.8 Å². The third kappa shape index (κ3) is 3.22. The molecule has 4 rings (SSSR count). The van der Waals surface area contributed by atoms with E-state index < -0.39 is 11.4 Å². The second-order valence-electron chi connectivity index (χ2n) is 7.47. The SMILES string of the molecule is Cc1cc(C)n(-c2cccc(-c3ccc(C4(C(=O)O)CCOCC4)cc3)c2)n1. The topological polar surface area (TPSA) is 64.4 Å². The summed E-state index contributed by atoms with van der Waals surface area (Å²) in [7, 11) is 0. The molecule has 5 heteroatoms. The number of aromatic nitrogens is 2. The number of rotatable bonds is 4. The van der Waals surface area contributed by atoms with E-state index in [0.717, 1.165) is 33.8 Å². The maximum Gasteiger partial charge on any atom is 0.314 e.